The minimum absolute atomic E-state index is 0.332. The SMILES string of the molecule is CC.Cc1ccc(C(C)(C)C)s1. The maximum atomic E-state index is 2.25. The summed E-state index contributed by atoms with van der Waals surface area (Å²) in [7, 11) is 0. The molecular formula is C11H20S. The van der Waals surface area contributed by atoms with Gasteiger partial charge in [-0.15, -0.1) is 11.3 Å². The zero-order valence-corrected chi connectivity index (χ0v) is 9.88. The van der Waals surface area contributed by atoms with Gasteiger partial charge in [0.2, 0.25) is 0 Å². The average molecular weight is 184 g/mol. The lowest BCUT2D eigenvalue weighted by molar-refractivity contribution is 0.604. The normalized spacial score (nSPS) is 10.5. The van der Waals surface area contributed by atoms with Gasteiger partial charge >= 0.3 is 0 Å². The second kappa shape index (κ2) is 4.66. The van der Waals surface area contributed by atoms with Crippen molar-refractivity contribution in [3.05, 3.63) is 21.9 Å². The molecule has 0 unspecified atom stereocenters. The van der Waals surface area contributed by atoms with Gasteiger partial charge in [0.25, 0.3) is 0 Å². The van der Waals surface area contributed by atoms with Crippen LogP contribution in [0.15, 0.2) is 12.1 Å². The monoisotopic (exact) mass is 184 g/mol. The molecule has 0 atom stereocenters. The number of hydrogen-bond donors (Lipinski definition) is 0. The van der Waals surface area contributed by atoms with Gasteiger partial charge in [-0.1, -0.05) is 34.6 Å². The number of hydrogen-bond acceptors (Lipinski definition) is 1. The summed E-state index contributed by atoms with van der Waals surface area (Å²) in [6, 6.07) is 4.41. The first-order valence-corrected chi connectivity index (χ1v) is 5.39. The highest BCUT2D eigenvalue weighted by molar-refractivity contribution is 7.12. The number of rotatable bonds is 0. The summed E-state index contributed by atoms with van der Waals surface area (Å²) in [6.07, 6.45) is 0. The van der Waals surface area contributed by atoms with Crippen molar-refractivity contribution < 1.29 is 0 Å². The highest BCUT2D eigenvalue weighted by Gasteiger charge is 2.14. The van der Waals surface area contributed by atoms with Crippen LogP contribution in [0.5, 0.6) is 0 Å². The molecule has 0 saturated carbocycles. The molecule has 0 N–H and O–H groups in total. The summed E-state index contributed by atoms with van der Waals surface area (Å²) in [6.45, 7) is 12.9. The van der Waals surface area contributed by atoms with Crippen molar-refractivity contribution in [2.75, 3.05) is 0 Å². The minimum Gasteiger partial charge on any atom is -0.145 e. The molecular weight excluding hydrogens is 164 g/mol. The molecule has 12 heavy (non-hydrogen) atoms. The molecule has 0 bridgehead atoms. The van der Waals surface area contributed by atoms with E-state index in [1.807, 2.05) is 25.2 Å². The molecule has 1 aromatic rings. The zero-order valence-electron chi connectivity index (χ0n) is 9.06. The van der Waals surface area contributed by atoms with Crippen LogP contribution in [0, 0.1) is 6.92 Å². The van der Waals surface area contributed by atoms with E-state index in [0.717, 1.165) is 0 Å². The third kappa shape index (κ3) is 3.40. The largest absolute Gasteiger partial charge is 0.145 e. The Balaban J connectivity index is 0.000000561. The van der Waals surface area contributed by atoms with Crippen LogP contribution in [0.1, 0.15) is 44.4 Å². The Morgan fingerprint density at radius 1 is 1.08 bits per heavy atom. The second-order valence-electron chi connectivity index (χ2n) is 3.66. The van der Waals surface area contributed by atoms with Crippen LogP contribution in [0.3, 0.4) is 0 Å². The van der Waals surface area contributed by atoms with E-state index in [1.165, 1.54) is 9.75 Å². The van der Waals surface area contributed by atoms with Crippen molar-refractivity contribution in [3.63, 3.8) is 0 Å². The van der Waals surface area contributed by atoms with Gasteiger partial charge in [0.1, 0.15) is 0 Å². The fourth-order valence-corrected chi connectivity index (χ4v) is 1.76. The smallest absolute Gasteiger partial charge is 0.0102 e. The van der Waals surface area contributed by atoms with Crippen molar-refractivity contribution in [2.45, 2.75) is 47.0 Å². The Labute approximate surface area is 80.6 Å². The van der Waals surface area contributed by atoms with Gasteiger partial charge in [-0.05, 0) is 24.5 Å². The summed E-state index contributed by atoms with van der Waals surface area (Å²) in [5, 5.41) is 0. The van der Waals surface area contributed by atoms with Gasteiger partial charge in [-0.25, -0.2) is 0 Å². The maximum Gasteiger partial charge on any atom is 0.0102 e. The first kappa shape index (κ1) is 11.7. The van der Waals surface area contributed by atoms with E-state index in [-0.39, 0.29) is 0 Å². The Kier molecular flexibility index (Phi) is 4.54. The molecule has 0 aromatic carbocycles. The van der Waals surface area contributed by atoms with E-state index < -0.39 is 0 Å². The summed E-state index contributed by atoms with van der Waals surface area (Å²) in [4.78, 5) is 2.88. The molecule has 1 heterocycles. The standard InChI is InChI=1S/C9H14S.C2H6/c1-7-5-6-8(10-7)9(2,3)4;1-2/h5-6H,1-4H3;1-2H3. The molecule has 0 nitrogen and oxygen atoms in total. The first-order valence-electron chi connectivity index (χ1n) is 4.57. The van der Waals surface area contributed by atoms with Crippen molar-refractivity contribution in [2.24, 2.45) is 0 Å². The quantitative estimate of drug-likeness (QED) is 0.561. The molecule has 0 radical (unpaired) electrons. The van der Waals surface area contributed by atoms with E-state index in [1.54, 1.807) is 0 Å². The molecule has 0 saturated heterocycles. The molecule has 1 rings (SSSR count). The fourth-order valence-electron chi connectivity index (χ4n) is 0.838. The molecule has 1 heteroatoms. The molecule has 0 aliphatic carbocycles. The topological polar surface area (TPSA) is 0 Å². The highest BCUT2D eigenvalue weighted by atomic mass is 32.1. The van der Waals surface area contributed by atoms with E-state index >= 15 is 0 Å². The molecule has 0 amide bonds. The lowest BCUT2D eigenvalue weighted by atomic mass is 9.95. The van der Waals surface area contributed by atoms with Crippen LogP contribution in [-0.2, 0) is 5.41 Å². The van der Waals surface area contributed by atoms with Gasteiger partial charge in [0.05, 0.1) is 0 Å². The Bertz CT molecular complexity index is 215. The van der Waals surface area contributed by atoms with Crippen molar-refractivity contribution >= 4 is 11.3 Å². The summed E-state index contributed by atoms with van der Waals surface area (Å²) >= 11 is 1.89. The zero-order chi connectivity index (χ0) is 9.78. The van der Waals surface area contributed by atoms with Gasteiger partial charge in [-0.3, -0.25) is 0 Å². The van der Waals surface area contributed by atoms with E-state index in [4.69, 9.17) is 0 Å². The lowest BCUT2D eigenvalue weighted by Gasteiger charge is -2.14. The van der Waals surface area contributed by atoms with E-state index in [2.05, 4.69) is 39.8 Å². The molecule has 0 aliphatic heterocycles. The van der Waals surface area contributed by atoms with Gasteiger partial charge in [-0.2, -0.15) is 0 Å². The maximum absolute atomic E-state index is 2.25. The fraction of sp³-hybridized carbons (Fsp3) is 0.636. The number of aryl methyl sites for hydroxylation is 1. The summed E-state index contributed by atoms with van der Waals surface area (Å²) in [5.41, 5.74) is 0.332. The van der Waals surface area contributed by atoms with Crippen LogP contribution < -0.4 is 0 Å². The summed E-state index contributed by atoms with van der Waals surface area (Å²) in [5.74, 6) is 0. The van der Waals surface area contributed by atoms with Crippen molar-refractivity contribution in [1.29, 1.82) is 0 Å². The lowest BCUT2D eigenvalue weighted by Crippen LogP contribution is -2.07. The second-order valence-corrected chi connectivity index (χ2v) is 4.95. The highest BCUT2D eigenvalue weighted by Crippen LogP contribution is 2.28. The average Bonchev–Trinajstić information content (AvgIpc) is 2.39. The van der Waals surface area contributed by atoms with Gasteiger partial charge in [0, 0.05) is 9.75 Å². The Hall–Kier alpha value is -0.300. The van der Waals surface area contributed by atoms with E-state index in [0.29, 0.717) is 5.41 Å². The third-order valence-corrected chi connectivity index (χ3v) is 2.91. The minimum atomic E-state index is 0.332. The summed E-state index contributed by atoms with van der Waals surface area (Å²) < 4.78 is 0. The van der Waals surface area contributed by atoms with Crippen molar-refractivity contribution in [3.8, 4) is 0 Å². The van der Waals surface area contributed by atoms with Gasteiger partial charge < -0.3 is 0 Å². The van der Waals surface area contributed by atoms with E-state index in [9.17, 15) is 0 Å². The molecule has 1 aromatic heterocycles. The molecule has 0 spiro atoms. The molecule has 0 aliphatic rings. The predicted molar refractivity (Wildman–Crippen MR) is 59.1 cm³/mol. The Morgan fingerprint density at radius 3 is 1.75 bits per heavy atom. The van der Waals surface area contributed by atoms with Crippen LogP contribution in [0.25, 0.3) is 0 Å². The molecule has 70 valence electrons. The first-order chi connectivity index (χ1) is 5.50. The van der Waals surface area contributed by atoms with Crippen LogP contribution in [0.2, 0.25) is 0 Å². The number of thiophene rings is 1. The molecule has 0 fully saturated rings. The van der Waals surface area contributed by atoms with Crippen molar-refractivity contribution in [1.82, 2.24) is 0 Å². The van der Waals surface area contributed by atoms with Crippen LogP contribution in [-0.4, -0.2) is 0 Å². The third-order valence-electron chi connectivity index (χ3n) is 1.48. The Morgan fingerprint density at radius 2 is 1.58 bits per heavy atom. The van der Waals surface area contributed by atoms with Crippen LogP contribution >= 0.6 is 11.3 Å². The van der Waals surface area contributed by atoms with Gasteiger partial charge in [0.15, 0.2) is 0 Å². The van der Waals surface area contributed by atoms with Crippen LogP contribution in [0.4, 0.5) is 0 Å². The predicted octanol–water partition coefficient (Wildman–Crippen LogP) is 4.38.